The van der Waals surface area contributed by atoms with Crippen LogP contribution in [0.5, 0.6) is 0 Å². The second kappa shape index (κ2) is 8.47. The predicted molar refractivity (Wildman–Crippen MR) is 103 cm³/mol. The van der Waals surface area contributed by atoms with E-state index in [-0.39, 0.29) is 18.4 Å². The van der Waals surface area contributed by atoms with E-state index in [0.29, 0.717) is 6.54 Å². The fourth-order valence-electron chi connectivity index (χ4n) is 2.82. The van der Waals surface area contributed by atoms with Gasteiger partial charge in [0, 0.05) is 24.8 Å². The van der Waals surface area contributed by atoms with Crippen LogP contribution in [0.15, 0.2) is 48.5 Å². The third-order valence-electron chi connectivity index (χ3n) is 4.26. The number of hydrogen-bond donors (Lipinski definition) is 0. The summed E-state index contributed by atoms with van der Waals surface area (Å²) in [7, 11) is 0. The standard InChI is InChI=1S/C21H26N2O2/c1-5-18-10-12-19(13-11-18)23(17(4)24)15-21(25)22(6-2)20-9-7-8-16(3)14-20/h7-14H,5-6,15H2,1-4H3. The maximum absolute atomic E-state index is 12.8. The monoisotopic (exact) mass is 338 g/mol. The Kier molecular flexibility index (Phi) is 6.34. The molecule has 0 atom stereocenters. The number of likely N-dealkylation sites (N-methyl/N-ethyl adjacent to an activating group) is 1. The Labute approximate surface area is 150 Å². The molecule has 4 heteroatoms. The molecular weight excluding hydrogens is 312 g/mol. The van der Waals surface area contributed by atoms with Crippen LogP contribution >= 0.6 is 0 Å². The van der Waals surface area contributed by atoms with E-state index in [1.54, 1.807) is 4.90 Å². The quantitative estimate of drug-likeness (QED) is 0.800. The van der Waals surface area contributed by atoms with E-state index in [9.17, 15) is 9.59 Å². The molecule has 2 rings (SSSR count). The maximum atomic E-state index is 12.8. The average molecular weight is 338 g/mol. The first-order valence-corrected chi connectivity index (χ1v) is 8.70. The molecule has 0 spiro atoms. The lowest BCUT2D eigenvalue weighted by atomic mass is 10.1. The molecule has 0 bridgehead atoms. The van der Waals surface area contributed by atoms with Crippen LogP contribution in [-0.2, 0) is 16.0 Å². The minimum atomic E-state index is -0.141. The number of nitrogens with zero attached hydrogens (tertiary/aromatic N) is 2. The fraction of sp³-hybridized carbons (Fsp3) is 0.333. The first kappa shape index (κ1) is 18.7. The topological polar surface area (TPSA) is 40.6 Å². The Bertz CT molecular complexity index is 738. The molecule has 0 aliphatic carbocycles. The van der Waals surface area contributed by atoms with E-state index < -0.39 is 0 Å². The van der Waals surface area contributed by atoms with Crippen LogP contribution in [-0.4, -0.2) is 24.9 Å². The molecule has 2 aromatic rings. The molecule has 2 amide bonds. The molecule has 0 heterocycles. The first-order chi connectivity index (χ1) is 12.0. The van der Waals surface area contributed by atoms with Gasteiger partial charge in [-0.1, -0.05) is 31.2 Å². The molecule has 0 N–H and O–H groups in total. The predicted octanol–water partition coefficient (Wildman–Crippen LogP) is 3.96. The number of carbonyl (C=O) groups excluding carboxylic acids is 2. The van der Waals surface area contributed by atoms with Crippen LogP contribution in [0.25, 0.3) is 0 Å². The SMILES string of the molecule is CCc1ccc(N(CC(=O)N(CC)c2cccc(C)c2)C(C)=O)cc1. The van der Waals surface area contributed by atoms with Crippen molar-refractivity contribution in [2.75, 3.05) is 22.9 Å². The minimum absolute atomic E-state index is 0.0303. The zero-order valence-corrected chi connectivity index (χ0v) is 15.5. The van der Waals surface area contributed by atoms with Crippen LogP contribution < -0.4 is 9.80 Å². The van der Waals surface area contributed by atoms with Crippen LogP contribution in [0.4, 0.5) is 11.4 Å². The van der Waals surface area contributed by atoms with Gasteiger partial charge < -0.3 is 9.80 Å². The number of amides is 2. The number of hydrogen-bond acceptors (Lipinski definition) is 2. The van der Waals surface area contributed by atoms with Crippen molar-refractivity contribution in [3.8, 4) is 0 Å². The van der Waals surface area contributed by atoms with Crippen molar-refractivity contribution in [3.63, 3.8) is 0 Å². The normalized spacial score (nSPS) is 10.4. The molecule has 0 unspecified atom stereocenters. The van der Waals surface area contributed by atoms with Gasteiger partial charge in [0.15, 0.2) is 0 Å². The minimum Gasteiger partial charge on any atom is -0.311 e. The summed E-state index contributed by atoms with van der Waals surface area (Å²) in [5.74, 6) is -0.235. The van der Waals surface area contributed by atoms with Crippen molar-refractivity contribution in [1.29, 1.82) is 0 Å². The number of anilines is 2. The van der Waals surface area contributed by atoms with E-state index in [0.717, 1.165) is 23.4 Å². The molecule has 2 aromatic carbocycles. The Balaban J connectivity index is 2.22. The van der Waals surface area contributed by atoms with E-state index in [1.165, 1.54) is 17.4 Å². The number of carbonyl (C=O) groups is 2. The van der Waals surface area contributed by atoms with Crippen LogP contribution in [0, 0.1) is 6.92 Å². The zero-order valence-electron chi connectivity index (χ0n) is 15.5. The Morgan fingerprint density at radius 3 is 2.12 bits per heavy atom. The van der Waals surface area contributed by atoms with Crippen molar-refractivity contribution in [3.05, 3.63) is 59.7 Å². The van der Waals surface area contributed by atoms with Crippen LogP contribution in [0.2, 0.25) is 0 Å². The van der Waals surface area contributed by atoms with Gasteiger partial charge in [0.05, 0.1) is 0 Å². The smallest absolute Gasteiger partial charge is 0.247 e. The molecule has 25 heavy (non-hydrogen) atoms. The number of aryl methyl sites for hydroxylation is 2. The summed E-state index contributed by atoms with van der Waals surface area (Å²) < 4.78 is 0. The van der Waals surface area contributed by atoms with E-state index in [2.05, 4.69) is 6.92 Å². The zero-order chi connectivity index (χ0) is 18.4. The third-order valence-corrected chi connectivity index (χ3v) is 4.26. The first-order valence-electron chi connectivity index (χ1n) is 8.70. The van der Waals surface area contributed by atoms with Gasteiger partial charge in [0.1, 0.15) is 6.54 Å². The van der Waals surface area contributed by atoms with E-state index >= 15 is 0 Å². The lowest BCUT2D eigenvalue weighted by molar-refractivity contribution is -0.121. The Hall–Kier alpha value is -2.62. The van der Waals surface area contributed by atoms with Gasteiger partial charge in [-0.05, 0) is 55.7 Å². The molecule has 0 aliphatic heterocycles. The summed E-state index contributed by atoms with van der Waals surface area (Å²) in [4.78, 5) is 28.2. The van der Waals surface area contributed by atoms with Crippen molar-refractivity contribution < 1.29 is 9.59 Å². The highest BCUT2D eigenvalue weighted by Gasteiger charge is 2.20. The van der Waals surface area contributed by atoms with E-state index in [1.807, 2.05) is 62.4 Å². The molecule has 0 fully saturated rings. The van der Waals surface area contributed by atoms with Crippen molar-refractivity contribution in [1.82, 2.24) is 0 Å². The lowest BCUT2D eigenvalue weighted by Crippen LogP contribution is -2.42. The average Bonchev–Trinajstić information content (AvgIpc) is 2.60. The van der Waals surface area contributed by atoms with Gasteiger partial charge in [0.25, 0.3) is 0 Å². The molecule has 0 aromatic heterocycles. The molecular formula is C21H26N2O2. The summed E-state index contributed by atoms with van der Waals surface area (Å²) in [6.07, 6.45) is 0.941. The maximum Gasteiger partial charge on any atom is 0.247 e. The van der Waals surface area contributed by atoms with Crippen LogP contribution in [0.1, 0.15) is 31.9 Å². The number of rotatable bonds is 6. The van der Waals surface area contributed by atoms with Crippen molar-refractivity contribution in [2.45, 2.75) is 34.1 Å². The summed E-state index contributed by atoms with van der Waals surface area (Å²) in [6, 6.07) is 15.6. The van der Waals surface area contributed by atoms with Gasteiger partial charge >= 0.3 is 0 Å². The van der Waals surface area contributed by atoms with Gasteiger partial charge in [-0.3, -0.25) is 9.59 Å². The summed E-state index contributed by atoms with van der Waals surface area (Å²) in [5, 5.41) is 0. The molecule has 4 nitrogen and oxygen atoms in total. The van der Waals surface area contributed by atoms with Crippen molar-refractivity contribution >= 4 is 23.2 Å². The van der Waals surface area contributed by atoms with E-state index in [4.69, 9.17) is 0 Å². The van der Waals surface area contributed by atoms with Gasteiger partial charge in [-0.15, -0.1) is 0 Å². The Morgan fingerprint density at radius 2 is 1.60 bits per heavy atom. The molecule has 0 saturated heterocycles. The summed E-state index contributed by atoms with van der Waals surface area (Å²) >= 11 is 0. The molecule has 0 aliphatic rings. The molecule has 132 valence electrons. The fourth-order valence-corrected chi connectivity index (χ4v) is 2.82. The highest BCUT2D eigenvalue weighted by molar-refractivity contribution is 6.03. The second-order valence-electron chi connectivity index (χ2n) is 6.10. The molecule has 0 saturated carbocycles. The highest BCUT2D eigenvalue weighted by Crippen LogP contribution is 2.19. The third kappa shape index (κ3) is 4.69. The summed E-state index contributed by atoms with van der Waals surface area (Å²) in [6.45, 7) is 8.10. The van der Waals surface area contributed by atoms with Gasteiger partial charge in [-0.25, -0.2) is 0 Å². The van der Waals surface area contributed by atoms with Crippen molar-refractivity contribution in [2.24, 2.45) is 0 Å². The lowest BCUT2D eigenvalue weighted by Gasteiger charge is -2.26. The van der Waals surface area contributed by atoms with Gasteiger partial charge in [-0.2, -0.15) is 0 Å². The van der Waals surface area contributed by atoms with Gasteiger partial charge in [0.2, 0.25) is 11.8 Å². The largest absolute Gasteiger partial charge is 0.311 e. The highest BCUT2D eigenvalue weighted by atomic mass is 16.2. The Morgan fingerprint density at radius 1 is 0.920 bits per heavy atom. The summed E-state index contributed by atoms with van der Waals surface area (Å²) in [5.41, 5.74) is 3.91. The van der Waals surface area contributed by atoms with Crippen LogP contribution in [0.3, 0.4) is 0 Å². The second-order valence-corrected chi connectivity index (χ2v) is 6.10. The number of benzene rings is 2. The molecule has 0 radical (unpaired) electrons.